The Balaban J connectivity index is 0.872. The van der Waals surface area contributed by atoms with Crippen molar-refractivity contribution in [1.82, 2.24) is 35.5 Å². The number of hydrogen-bond acceptors (Lipinski definition) is 10. The summed E-state index contributed by atoms with van der Waals surface area (Å²) in [5, 5.41) is 13.8. The van der Waals surface area contributed by atoms with Crippen LogP contribution in [0, 0.1) is 0 Å². The van der Waals surface area contributed by atoms with Crippen LogP contribution in [0.5, 0.6) is 17.2 Å². The van der Waals surface area contributed by atoms with E-state index in [4.69, 9.17) is 9.47 Å². The zero-order valence-electron chi connectivity index (χ0n) is 28.4. The largest absolute Gasteiger partial charge is 0.489 e. The topological polar surface area (TPSA) is 158 Å². The molecule has 2 fully saturated rings. The Labute approximate surface area is 298 Å². The third-order valence-corrected chi connectivity index (χ3v) is 10.1. The predicted octanol–water partition coefficient (Wildman–Crippen LogP) is 4.36. The Kier molecular flexibility index (Phi) is 8.34. The van der Waals surface area contributed by atoms with E-state index in [1.807, 2.05) is 42.5 Å². The van der Waals surface area contributed by atoms with Gasteiger partial charge in [-0.15, -0.1) is 4.80 Å². The number of fused-ring (bicyclic) bond motifs is 1. The maximum atomic E-state index is 13.1. The van der Waals surface area contributed by atoms with Crippen LogP contribution >= 0.6 is 0 Å². The molecule has 1 saturated heterocycles. The van der Waals surface area contributed by atoms with Crippen LogP contribution in [0.3, 0.4) is 0 Å². The molecule has 4 atom stereocenters. The number of pyridine rings is 1. The van der Waals surface area contributed by atoms with E-state index < -0.39 is 35.7 Å². The van der Waals surface area contributed by atoms with Crippen molar-refractivity contribution < 1.29 is 28.7 Å². The van der Waals surface area contributed by atoms with Crippen molar-refractivity contribution in [3.63, 3.8) is 0 Å². The molecule has 13 nitrogen and oxygen atoms in total. The fraction of sp³-hybridized carbons (Fsp3) is 0.256. The number of rotatable bonds is 10. The first-order valence-corrected chi connectivity index (χ1v) is 17.1. The molecule has 2 aromatic heterocycles. The highest BCUT2D eigenvalue weighted by molar-refractivity contribution is 6.23. The van der Waals surface area contributed by atoms with Gasteiger partial charge in [0.25, 0.3) is 11.8 Å². The van der Waals surface area contributed by atoms with Gasteiger partial charge in [-0.05, 0) is 72.5 Å². The van der Waals surface area contributed by atoms with Crippen molar-refractivity contribution in [1.29, 1.82) is 0 Å². The van der Waals surface area contributed by atoms with Gasteiger partial charge in [-0.2, -0.15) is 10.2 Å². The summed E-state index contributed by atoms with van der Waals surface area (Å²) >= 11 is 0. The lowest BCUT2D eigenvalue weighted by Crippen LogP contribution is -2.65. The maximum Gasteiger partial charge on any atom is 0.262 e. The molecule has 13 heteroatoms. The van der Waals surface area contributed by atoms with Gasteiger partial charge in [0.15, 0.2) is 5.82 Å². The lowest BCUT2D eigenvalue weighted by Gasteiger charge is -2.41. The minimum absolute atomic E-state index is 0.00868. The van der Waals surface area contributed by atoms with Crippen LogP contribution in [0.15, 0.2) is 104 Å². The molecule has 1 saturated carbocycles. The van der Waals surface area contributed by atoms with Crippen LogP contribution in [0.4, 0.5) is 0 Å². The molecular weight excluding hydrogens is 662 g/mol. The van der Waals surface area contributed by atoms with E-state index in [1.165, 1.54) is 4.80 Å². The Hall–Kier alpha value is -6.21. The molecule has 4 amide bonds. The van der Waals surface area contributed by atoms with Crippen molar-refractivity contribution in [2.24, 2.45) is 0 Å². The summed E-state index contributed by atoms with van der Waals surface area (Å²) in [5.74, 6) is 0.391. The summed E-state index contributed by atoms with van der Waals surface area (Å²) in [6.07, 6.45) is 6.18. The first-order valence-electron chi connectivity index (χ1n) is 17.1. The Morgan fingerprint density at radius 3 is 1.94 bits per heavy atom. The average Bonchev–Trinajstić information content (AvgIpc) is 3.78. The molecule has 3 aliphatic rings. The van der Waals surface area contributed by atoms with Crippen molar-refractivity contribution in [3.05, 3.63) is 126 Å². The van der Waals surface area contributed by atoms with E-state index in [9.17, 15) is 19.2 Å². The van der Waals surface area contributed by atoms with Crippen molar-refractivity contribution >= 4 is 23.6 Å². The van der Waals surface area contributed by atoms with Crippen LogP contribution in [0.1, 0.15) is 65.0 Å². The number of nitrogens with one attached hydrogen (secondary N) is 2. The van der Waals surface area contributed by atoms with E-state index in [-0.39, 0.29) is 35.1 Å². The van der Waals surface area contributed by atoms with Crippen LogP contribution in [0.2, 0.25) is 0 Å². The minimum Gasteiger partial charge on any atom is -0.489 e. The number of nitrogens with zero attached hydrogens (tertiary/aromatic N) is 5. The van der Waals surface area contributed by atoms with Gasteiger partial charge in [0.05, 0.1) is 35.8 Å². The van der Waals surface area contributed by atoms with Gasteiger partial charge in [-0.3, -0.25) is 34.7 Å². The third kappa shape index (κ3) is 6.08. The lowest BCUT2D eigenvalue weighted by atomic mass is 9.78. The molecule has 3 aromatic carbocycles. The molecule has 8 rings (SSSR count). The van der Waals surface area contributed by atoms with E-state index in [2.05, 4.69) is 51.8 Å². The third-order valence-electron chi connectivity index (χ3n) is 10.1. The number of carbonyl (C=O) groups is 4. The second-order valence-corrected chi connectivity index (χ2v) is 13.6. The molecule has 0 radical (unpaired) electrons. The molecule has 2 N–H and O–H groups in total. The van der Waals surface area contributed by atoms with Crippen molar-refractivity contribution in [2.75, 3.05) is 0 Å². The van der Waals surface area contributed by atoms with Gasteiger partial charge < -0.3 is 9.47 Å². The smallest absolute Gasteiger partial charge is 0.262 e. The van der Waals surface area contributed by atoms with Gasteiger partial charge >= 0.3 is 0 Å². The highest BCUT2D eigenvalue weighted by Crippen LogP contribution is 2.35. The predicted molar refractivity (Wildman–Crippen MR) is 187 cm³/mol. The number of ether oxygens (including phenoxy) is 2. The Bertz CT molecular complexity index is 2120. The van der Waals surface area contributed by atoms with Gasteiger partial charge in [0, 0.05) is 17.9 Å². The Morgan fingerprint density at radius 1 is 0.750 bits per heavy atom. The number of amides is 4. The summed E-state index contributed by atoms with van der Waals surface area (Å²) in [6.45, 7) is 4.32. The molecule has 2 unspecified atom stereocenters. The molecular formula is C39H35N7O6. The monoisotopic (exact) mass is 697 g/mol. The minimum atomic E-state index is -1.09. The van der Waals surface area contributed by atoms with Crippen LogP contribution in [-0.4, -0.2) is 72.7 Å². The van der Waals surface area contributed by atoms with Crippen molar-refractivity contribution in [2.45, 2.75) is 62.8 Å². The average molecular weight is 698 g/mol. The molecule has 262 valence electrons. The molecule has 2 aliphatic heterocycles. The highest BCUT2D eigenvalue weighted by atomic mass is 16.5. The molecule has 0 spiro atoms. The zero-order chi connectivity index (χ0) is 36.0. The fourth-order valence-electron chi connectivity index (χ4n) is 6.90. The molecule has 4 heterocycles. The Morgan fingerprint density at radius 2 is 1.37 bits per heavy atom. The lowest BCUT2D eigenvalue weighted by molar-refractivity contribution is -0.138. The number of carbonyl (C=O) groups excluding carboxylic acids is 4. The first kappa shape index (κ1) is 33.0. The molecule has 0 bridgehead atoms. The van der Waals surface area contributed by atoms with E-state index in [0.29, 0.717) is 23.1 Å². The van der Waals surface area contributed by atoms with Crippen LogP contribution < -0.4 is 20.1 Å². The fourth-order valence-corrected chi connectivity index (χ4v) is 6.90. The van der Waals surface area contributed by atoms with Gasteiger partial charge in [0.2, 0.25) is 11.8 Å². The quantitative estimate of drug-likeness (QED) is 0.201. The number of benzene rings is 3. The highest BCUT2D eigenvalue weighted by Gasteiger charge is 2.48. The van der Waals surface area contributed by atoms with Crippen molar-refractivity contribution in [3.8, 4) is 23.1 Å². The second kappa shape index (κ2) is 13.2. The normalized spacial score (nSPS) is 21.4. The van der Waals surface area contributed by atoms with E-state index >= 15 is 0 Å². The summed E-state index contributed by atoms with van der Waals surface area (Å²) in [7, 11) is 0. The number of imide groups is 2. The molecule has 1 aliphatic carbocycles. The summed E-state index contributed by atoms with van der Waals surface area (Å²) < 4.78 is 12.3. The van der Waals surface area contributed by atoms with Gasteiger partial charge in [0.1, 0.15) is 29.4 Å². The molecule has 5 aromatic rings. The first-order chi connectivity index (χ1) is 25.2. The van der Waals surface area contributed by atoms with Crippen LogP contribution in [-0.2, 0) is 15.0 Å². The van der Waals surface area contributed by atoms with E-state index in [0.717, 1.165) is 28.9 Å². The summed E-state index contributed by atoms with van der Waals surface area (Å²) in [4.78, 5) is 58.5. The summed E-state index contributed by atoms with van der Waals surface area (Å²) in [6, 6.07) is 24.0. The number of hydrogen-bond donors (Lipinski definition) is 2. The SMILES string of the molecule is CC(C)(c1ccc(Oc2ccc(-n3nccn3)nc2)cc1)c1ccc(O[C@@H]2CC[C@H]2NC2CC(N3C(=O)c4ccccc4C3=O)C(=O)NC2=O)cc1. The van der Waals surface area contributed by atoms with Gasteiger partial charge in [-0.1, -0.05) is 50.2 Å². The van der Waals surface area contributed by atoms with Gasteiger partial charge in [-0.25, -0.2) is 4.98 Å². The standard InChI is InChI=1S/C39H35N7O6/c1-39(2,23-7-11-25(12-8-23)51-27-15-18-34(40-22-27)46-41-19-20-42-46)24-9-13-26(14-10-24)52-33-17-16-30(33)43-31-21-32(36(48)44-35(31)47)45-37(49)28-5-3-4-6-29(28)38(45)50/h3-15,18-20,22,30-33,43H,16-17,21H2,1-2H3,(H,44,47,48)/t30-,31?,32?,33-/m1/s1. The van der Waals surface area contributed by atoms with Crippen LogP contribution in [0.25, 0.3) is 5.82 Å². The van der Waals surface area contributed by atoms with E-state index in [1.54, 1.807) is 48.9 Å². The second-order valence-electron chi connectivity index (χ2n) is 13.6. The number of piperidine rings is 1. The zero-order valence-corrected chi connectivity index (χ0v) is 28.4. The molecule has 52 heavy (non-hydrogen) atoms. The summed E-state index contributed by atoms with van der Waals surface area (Å²) in [5.41, 5.74) is 2.42. The number of aromatic nitrogens is 4. The maximum absolute atomic E-state index is 13.1.